The molecule has 0 radical (unpaired) electrons. The van der Waals surface area contributed by atoms with E-state index in [4.69, 9.17) is 9.47 Å². The topological polar surface area (TPSA) is 84.8 Å². The first-order valence-electron chi connectivity index (χ1n) is 12.7. The Labute approximate surface area is 214 Å². The Hall–Kier alpha value is -2.74. The summed E-state index contributed by atoms with van der Waals surface area (Å²) in [5.41, 5.74) is 2.90. The van der Waals surface area contributed by atoms with Crippen molar-refractivity contribution in [1.82, 2.24) is 9.97 Å². The lowest BCUT2D eigenvalue weighted by atomic mass is 9.82. The van der Waals surface area contributed by atoms with Crippen LogP contribution in [0.25, 0.3) is 11.3 Å². The molecule has 7 nitrogen and oxygen atoms in total. The zero-order valence-corrected chi connectivity index (χ0v) is 22.6. The Kier molecular flexibility index (Phi) is 8.59. The van der Waals surface area contributed by atoms with Crippen molar-refractivity contribution in [3.8, 4) is 17.0 Å². The normalized spacial score (nSPS) is 17.5. The van der Waals surface area contributed by atoms with Gasteiger partial charge in [-0.05, 0) is 64.5 Å². The third kappa shape index (κ3) is 6.93. The molecule has 198 valence electrons. The van der Waals surface area contributed by atoms with Gasteiger partial charge in [0.05, 0.1) is 23.2 Å². The minimum atomic E-state index is -1.18. The van der Waals surface area contributed by atoms with E-state index in [-0.39, 0.29) is 12.0 Å². The fourth-order valence-electron chi connectivity index (χ4n) is 4.30. The highest BCUT2D eigenvalue weighted by molar-refractivity contribution is 5.85. The minimum Gasteiger partial charge on any atom is -0.489 e. The molecule has 0 spiro atoms. The van der Waals surface area contributed by atoms with Crippen LogP contribution >= 0.6 is 0 Å². The smallest absolute Gasteiger partial charge is 0.337 e. The number of rotatable bonds is 9. The maximum atomic E-state index is 13.6. The number of carbonyl (C=O) groups is 1. The van der Waals surface area contributed by atoms with Crippen molar-refractivity contribution in [2.45, 2.75) is 85.6 Å². The number of ether oxygens (including phenoxy) is 2. The van der Waals surface area contributed by atoms with Gasteiger partial charge in [-0.25, -0.2) is 9.18 Å². The zero-order chi connectivity index (χ0) is 26.7. The van der Waals surface area contributed by atoms with E-state index in [1.54, 1.807) is 25.4 Å². The van der Waals surface area contributed by atoms with Gasteiger partial charge in [0.25, 0.3) is 0 Å². The first-order valence-corrected chi connectivity index (χ1v) is 12.7. The first kappa shape index (κ1) is 27.8. The summed E-state index contributed by atoms with van der Waals surface area (Å²) in [5, 5.41) is 10.2. The quantitative estimate of drug-likeness (QED) is 0.441. The summed E-state index contributed by atoms with van der Waals surface area (Å²) in [6, 6.07) is 3.57. The van der Waals surface area contributed by atoms with Gasteiger partial charge in [-0.1, -0.05) is 20.8 Å². The predicted molar refractivity (Wildman–Crippen MR) is 139 cm³/mol. The Morgan fingerprint density at radius 1 is 1.19 bits per heavy atom. The summed E-state index contributed by atoms with van der Waals surface area (Å²) in [5.74, 6) is -0.574. The molecule has 0 aromatic carbocycles. The van der Waals surface area contributed by atoms with Crippen LogP contribution in [0.2, 0.25) is 0 Å². The maximum absolute atomic E-state index is 13.6. The Bertz CT molecular complexity index is 1040. The van der Waals surface area contributed by atoms with Crippen molar-refractivity contribution in [1.29, 1.82) is 0 Å². The van der Waals surface area contributed by atoms with Gasteiger partial charge in [-0.3, -0.25) is 9.97 Å². The minimum absolute atomic E-state index is 0.0208. The van der Waals surface area contributed by atoms with Gasteiger partial charge in [0.2, 0.25) is 0 Å². The largest absolute Gasteiger partial charge is 0.489 e. The number of carboxylic acids is 1. The van der Waals surface area contributed by atoms with Crippen molar-refractivity contribution >= 4 is 11.7 Å². The van der Waals surface area contributed by atoms with Crippen molar-refractivity contribution in [2.75, 3.05) is 24.6 Å². The number of hydrogen-bond donors (Lipinski definition) is 1. The number of nitrogens with zero attached hydrogens (tertiary/aromatic N) is 3. The summed E-state index contributed by atoms with van der Waals surface area (Å²) in [6.45, 7) is 15.2. The number of carboxylic acid groups (broad SMARTS) is 1. The van der Waals surface area contributed by atoms with Gasteiger partial charge in [0, 0.05) is 36.1 Å². The highest BCUT2D eigenvalue weighted by atomic mass is 19.1. The molecule has 3 heterocycles. The molecule has 0 bridgehead atoms. The van der Waals surface area contributed by atoms with E-state index >= 15 is 0 Å². The van der Waals surface area contributed by atoms with Crippen LogP contribution in [0.4, 0.5) is 10.1 Å². The molecule has 0 aliphatic carbocycles. The average molecular weight is 502 g/mol. The number of aryl methyl sites for hydroxylation is 1. The summed E-state index contributed by atoms with van der Waals surface area (Å²) in [6.07, 6.45) is 3.46. The van der Waals surface area contributed by atoms with E-state index in [0.717, 1.165) is 37.2 Å². The standard InChI is InChI=1S/C28H40FN3O4/c1-8-19(29)17-35-20-9-10-22(31-15-20)21-16-30-18(2)23(25(26(33)34)36-27(3,4)5)24(21)32-13-11-28(6,7)12-14-32/h9-10,15-16,19,25H,8,11-14,17H2,1-7H3,(H,33,34)/t19?,25-/m0/s1. The highest BCUT2D eigenvalue weighted by Crippen LogP contribution is 2.43. The number of anilines is 1. The summed E-state index contributed by atoms with van der Waals surface area (Å²) in [4.78, 5) is 23.9. The lowest BCUT2D eigenvalue weighted by Crippen LogP contribution is -2.39. The van der Waals surface area contributed by atoms with E-state index in [9.17, 15) is 14.3 Å². The third-order valence-corrected chi connectivity index (χ3v) is 6.56. The lowest BCUT2D eigenvalue weighted by molar-refractivity contribution is -0.160. The number of hydrogen-bond acceptors (Lipinski definition) is 6. The van der Waals surface area contributed by atoms with Gasteiger partial charge >= 0.3 is 5.97 Å². The van der Waals surface area contributed by atoms with Crippen LogP contribution < -0.4 is 9.64 Å². The molecule has 1 aliphatic rings. The first-order chi connectivity index (χ1) is 16.8. The van der Waals surface area contributed by atoms with Crippen LogP contribution in [-0.2, 0) is 9.53 Å². The number of pyridine rings is 2. The number of aliphatic carboxylic acids is 1. The van der Waals surface area contributed by atoms with Crippen LogP contribution in [-0.4, -0.2) is 52.5 Å². The molecule has 1 fully saturated rings. The molecular formula is C28H40FN3O4. The maximum Gasteiger partial charge on any atom is 0.337 e. The lowest BCUT2D eigenvalue weighted by Gasteiger charge is -2.40. The SMILES string of the molecule is CCC(F)COc1ccc(-c2cnc(C)c([C@H](OC(C)(C)C)C(=O)O)c2N2CCC(C)(C)CC2)nc1. The van der Waals surface area contributed by atoms with Crippen LogP contribution in [0.15, 0.2) is 24.5 Å². The summed E-state index contributed by atoms with van der Waals surface area (Å²) >= 11 is 0. The summed E-state index contributed by atoms with van der Waals surface area (Å²) in [7, 11) is 0. The monoisotopic (exact) mass is 501 g/mol. The van der Waals surface area contributed by atoms with E-state index in [0.29, 0.717) is 29.1 Å². The van der Waals surface area contributed by atoms with Crippen molar-refractivity contribution in [3.05, 3.63) is 35.8 Å². The van der Waals surface area contributed by atoms with Crippen molar-refractivity contribution in [3.63, 3.8) is 0 Å². The van der Waals surface area contributed by atoms with Crippen LogP contribution in [0.1, 0.15) is 78.2 Å². The second kappa shape index (κ2) is 11.1. The third-order valence-electron chi connectivity index (χ3n) is 6.56. The molecule has 8 heteroatoms. The molecule has 2 aromatic heterocycles. The van der Waals surface area contributed by atoms with E-state index in [1.165, 1.54) is 0 Å². The van der Waals surface area contributed by atoms with Gasteiger partial charge in [0.15, 0.2) is 6.10 Å². The highest BCUT2D eigenvalue weighted by Gasteiger charge is 2.36. The van der Waals surface area contributed by atoms with E-state index < -0.39 is 23.8 Å². The number of alkyl halides is 1. The Balaban J connectivity index is 2.10. The number of aromatic nitrogens is 2. The fraction of sp³-hybridized carbons (Fsp3) is 0.607. The van der Waals surface area contributed by atoms with Crippen LogP contribution in [0, 0.1) is 12.3 Å². The molecule has 1 N–H and O–H groups in total. The Morgan fingerprint density at radius 3 is 2.39 bits per heavy atom. The van der Waals surface area contributed by atoms with Crippen LogP contribution in [0.3, 0.4) is 0 Å². The molecule has 1 saturated heterocycles. The van der Waals surface area contributed by atoms with Crippen molar-refractivity contribution in [2.24, 2.45) is 5.41 Å². The molecule has 1 unspecified atom stereocenters. The van der Waals surface area contributed by atoms with Gasteiger partial charge < -0.3 is 19.5 Å². The average Bonchev–Trinajstić information content (AvgIpc) is 2.81. The molecular weight excluding hydrogens is 461 g/mol. The molecule has 0 amide bonds. The molecule has 2 atom stereocenters. The Morgan fingerprint density at radius 2 is 1.86 bits per heavy atom. The second-order valence-corrected chi connectivity index (χ2v) is 11.3. The van der Waals surface area contributed by atoms with Crippen LogP contribution in [0.5, 0.6) is 5.75 Å². The van der Waals surface area contributed by atoms with E-state index in [2.05, 4.69) is 28.7 Å². The molecule has 1 aliphatic heterocycles. The molecule has 0 saturated carbocycles. The number of piperidine rings is 1. The predicted octanol–water partition coefficient (Wildman–Crippen LogP) is 6.15. The van der Waals surface area contributed by atoms with Gasteiger partial charge in [0.1, 0.15) is 18.5 Å². The zero-order valence-electron chi connectivity index (χ0n) is 22.6. The van der Waals surface area contributed by atoms with Gasteiger partial charge in [-0.15, -0.1) is 0 Å². The fourth-order valence-corrected chi connectivity index (χ4v) is 4.30. The van der Waals surface area contributed by atoms with E-state index in [1.807, 2.05) is 33.8 Å². The second-order valence-electron chi connectivity index (χ2n) is 11.3. The van der Waals surface area contributed by atoms with Gasteiger partial charge in [-0.2, -0.15) is 0 Å². The number of halogens is 1. The molecule has 2 aromatic rings. The summed E-state index contributed by atoms with van der Waals surface area (Å²) < 4.78 is 25.2. The molecule has 3 rings (SSSR count). The van der Waals surface area contributed by atoms with Crippen molar-refractivity contribution < 1.29 is 23.8 Å². The molecule has 36 heavy (non-hydrogen) atoms.